The molecule has 1 saturated heterocycles. The number of aromatic nitrogens is 3. The Kier molecular flexibility index (Phi) is 5.35. The summed E-state index contributed by atoms with van der Waals surface area (Å²) in [7, 11) is 0. The van der Waals surface area contributed by atoms with Gasteiger partial charge in [0.1, 0.15) is 5.52 Å². The van der Waals surface area contributed by atoms with Crippen LogP contribution in [0.4, 0.5) is 11.4 Å². The summed E-state index contributed by atoms with van der Waals surface area (Å²) in [5.41, 5.74) is 5.61. The number of nitrogens with zero attached hydrogens (tertiary/aromatic N) is 4. The fourth-order valence-corrected chi connectivity index (χ4v) is 4.08. The van der Waals surface area contributed by atoms with Crippen LogP contribution in [0.25, 0.3) is 11.0 Å². The predicted molar refractivity (Wildman–Crippen MR) is 124 cm³/mol. The zero-order chi connectivity index (χ0) is 21.0. The molecule has 1 fully saturated rings. The molecule has 0 aliphatic carbocycles. The van der Waals surface area contributed by atoms with E-state index in [1.807, 2.05) is 65.3 Å². The fourth-order valence-electron chi connectivity index (χ4n) is 4.08. The van der Waals surface area contributed by atoms with E-state index in [4.69, 9.17) is 0 Å². The first-order valence-electron chi connectivity index (χ1n) is 10.8. The summed E-state index contributed by atoms with van der Waals surface area (Å²) in [6.07, 6.45) is 3.82. The van der Waals surface area contributed by atoms with Gasteiger partial charge in [0, 0.05) is 30.0 Å². The van der Waals surface area contributed by atoms with Crippen LogP contribution in [-0.4, -0.2) is 34.0 Å². The van der Waals surface area contributed by atoms with Crippen molar-refractivity contribution in [2.45, 2.75) is 25.8 Å². The molecule has 0 saturated carbocycles. The first-order valence-corrected chi connectivity index (χ1v) is 10.8. The molecular weight excluding hydrogens is 386 g/mol. The van der Waals surface area contributed by atoms with Gasteiger partial charge in [0.15, 0.2) is 0 Å². The van der Waals surface area contributed by atoms with Crippen LogP contribution in [0.2, 0.25) is 0 Å². The SMILES string of the molecule is O=C(Nc1ccc(N2CCCCC2)cc1)c1ccc(Cn2nnc3ccccc32)cc1. The van der Waals surface area contributed by atoms with Crippen LogP contribution in [0.15, 0.2) is 72.8 Å². The van der Waals surface area contributed by atoms with Crippen LogP contribution in [-0.2, 0) is 6.54 Å². The maximum absolute atomic E-state index is 12.7. The highest BCUT2D eigenvalue weighted by Crippen LogP contribution is 2.22. The van der Waals surface area contributed by atoms with Crippen LogP contribution in [0.1, 0.15) is 35.2 Å². The van der Waals surface area contributed by atoms with E-state index in [1.165, 1.54) is 24.9 Å². The van der Waals surface area contributed by atoms with Crippen molar-refractivity contribution >= 4 is 28.3 Å². The van der Waals surface area contributed by atoms with Crippen LogP contribution in [0.5, 0.6) is 0 Å². The highest BCUT2D eigenvalue weighted by molar-refractivity contribution is 6.04. The molecule has 4 aromatic rings. The van der Waals surface area contributed by atoms with E-state index in [1.54, 1.807) is 0 Å². The number of carbonyl (C=O) groups excluding carboxylic acids is 1. The minimum Gasteiger partial charge on any atom is -0.372 e. The van der Waals surface area contributed by atoms with E-state index in [9.17, 15) is 4.79 Å². The summed E-state index contributed by atoms with van der Waals surface area (Å²) in [6, 6.07) is 23.7. The van der Waals surface area contributed by atoms with Gasteiger partial charge in [-0.1, -0.05) is 29.5 Å². The largest absolute Gasteiger partial charge is 0.372 e. The Morgan fingerprint density at radius 1 is 0.871 bits per heavy atom. The number of anilines is 2. The predicted octanol–water partition coefficient (Wildman–Crippen LogP) is 4.72. The van der Waals surface area contributed by atoms with Gasteiger partial charge in [0.05, 0.1) is 12.1 Å². The molecule has 1 aromatic heterocycles. The number of piperidine rings is 1. The first kappa shape index (κ1) is 19.3. The summed E-state index contributed by atoms with van der Waals surface area (Å²) in [5, 5.41) is 11.4. The first-order chi connectivity index (χ1) is 15.3. The summed E-state index contributed by atoms with van der Waals surface area (Å²) in [4.78, 5) is 15.1. The molecule has 2 heterocycles. The van der Waals surface area contributed by atoms with E-state index in [0.717, 1.165) is 35.4 Å². The Balaban J connectivity index is 1.23. The number of hydrogen-bond acceptors (Lipinski definition) is 4. The van der Waals surface area contributed by atoms with E-state index in [0.29, 0.717) is 12.1 Å². The number of benzene rings is 3. The summed E-state index contributed by atoms with van der Waals surface area (Å²) < 4.78 is 1.87. The molecule has 0 radical (unpaired) electrons. The average Bonchev–Trinajstić information content (AvgIpc) is 3.23. The van der Waals surface area contributed by atoms with Crippen molar-refractivity contribution in [3.8, 4) is 0 Å². The number of hydrogen-bond donors (Lipinski definition) is 1. The third kappa shape index (κ3) is 4.28. The highest BCUT2D eigenvalue weighted by atomic mass is 16.1. The van der Waals surface area contributed by atoms with Gasteiger partial charge in [-0.3, -0.25) is 4.79 Å². The second-order valence-electron chi connectivity index (χ2n) is 7.98. The number of para-hydroxylation sites is 1. The lowest BCUT2D eigenvalue weighted by Crippen LogP contribution is -2.29. The van der Waals surface area contributed by atoms with Crippen LogP contribution < -0.4 is 10.2 Å². The van der Waals surface area contributed by atoms with Gasteiger partial charge in [-0.25, -0.2) is 4.68 Å². The third-order valence-corrected chi connectivity index (χ3v) is 5.82. The quantitative estimate of drug-likeness (QED) is 0.516. The third-order valence-electron chi connectivity index (χ3n) is 5.82. The Morgan fingerprint density at radius 3 is 2.39 bits per heavy atom. The van der Waals surface area contributed by atoms with Crippen molar-refractivity contribution in [2.24, 2.45) is 0 Å². The smallest absolute Gasteiger partial charge is 0.255 e. The number of nitrogens with one attached hydrogen (secondary N) is 1. The molecule has 0 atom stereocenters. The van der Waals surface area contributed by atoms with E-state index in [-0.39, 0.29) is 5.91 Å². The zero-order valence-electron chi connectivity index (χ0n) is 17.4. The van der Waals surface area contributed by atoms with Crippen molar-refractivity contribution in [3.05, 3.63) is 83.9 Å². The van der Waals surface area contributed by atoms with Crippen molar-refractivity contribution < 1.29 is 4.79 Å². The molecule has 1 aliphatic rings. The second kappa shape index (κ2) is 8.60. The van der Waals surface area contributed by atoms with E-state index in [2.05, 4.69) is 32.7 Å². The Bertz CT molecular complexity index is 1170. The summed E-state index contributed by atoms with van der Waals surface area (Å²) in [6.45, 7) is 2.84. The topological polar surface area (TPSA) is 63.1 Å². The molecule has 31 heavy (non-hydrogen) atoms. The number of fused-ring (bicyclic) bond motifs is 1. The second-order valence-corrected chi connectivity index (χ2v) is 7.98. The molecule has 6 nitrogen and oxygen atoms in total. The van der Waals surface area contributed by atoms with Gasteiger partial charge < -0.3 is 10.2 Å². The van der Waals surface area contributed by atoms with Gasteiger partial charge in [-0.15, -0.1) is 5.10 Å². The van der Waals surface area contributed by atoms with Crippen molar-refractivity contribution in [2.75, 3.05) is 23.3 Å². The van der Waals surface area contributed by atoms with Crippen LogP contribution >= 0.6 is 0 Å². The van der Waals surface area contributed by atoms with Crippen molar-refractivity contribution in [1.29, 1.82) is 0 Å². The Labute approximate surface area is 181 Å². The normalized spacial score (nSPS) is 14.0. The van der Waals surface area contributed by atoms with Crippen molar-refractivity contribution in [1.82, 2.24) is 15.0 Å². The number of rotatable bonds is 5. The Morgan fingerprint density at radius 2 is 1.61 bits per heavy atom. The maximum atomic E-state index is 12.7. The molecule has 1 N–H and O–H groups in total. The van der Waals surface area contributed by atoms with E-state index >= 15 is 0 Å². The molecule has 6 heteroatoms. The standard InChI is InChI=1S/C25H25N5O/c31-25(26-21-12-14-22(15-13-21)29-16-4-1-5-17-29)20-10-8-19(9-11-20)18-30-24-7-3-2-6-23(24)27-28-30/h2-3,6-15H,1,4-5,16-18H2,(H,26,31). The molecule has 0 bridgehead atoms. The molecule has 1 aliphatic heterocycles. The minimum atomic E-state index is -0.108. The minimum absolute atomic E-state index is 0.108. The molecule has 0 spiro atoms. The number of carbonyl (C=O) groups is 1. The van der Waals surface area contributed by atoms with E-state index < -0.39 is 0 Å². The highest BCUT2D eigenvalue weighted by Gasteiger charge is 2.12. The molecule has 3 aromatic carbocycles. The lowest BCUT2D eigenvalue weighted by molar-refractivity contribution is 0.102. The van der Waals surface area contributed by atoms with Gasteiger partial charge >= 0.3 is 0 Å². The van der Waals surface area contributed by atoms with Crippen molar-refractivity contribution in [3.63, 3.8) is 0 Å². The van der Waals surface area contributed by atoms with Gasteiger partial charge in [-0.05, 0) is 73.4 Å². The molecule has 5 rings (SSSR count). The summed E-state index contributed by atoms with van der Waals surface area (Å²) >= 11 is 0. The fraction of sp³-hybridized carbons (Fsp3) is 0.240. The van der Waals surface area contributed by atoms with Gasteiger partial charge in [0.2, 0.25) is 0 Å². The number of amides is 1. The molecule has 156 valence electrons. The monoisotopic (exact) mass is 411 g/mol. The lowest BCUT2D eigenvalue weighted by Gasteiger charge is -2.28. The molecular formula is C25H25N5O. The van der Waals surface area contributed by atoms with Gasteiger partial charge in [-0.2, -0.15) is 0 Å². The maximum Gasteiger partial charge on any atom is 0.255 e. The van der Waals surface area contributed by atoms with Crippen LogP contribution in [0, 0.1) is 0 Å². The molecule has 1 amide bonds. The summed E-state index contributed by atoms with van der Waals surface area (Å²) in [5.74, 6) is -0.108. The molecule has 0 unspecified atom stereocenters. The van der Waals surface area contributed by atoms with Crippen LogP contribution in [0.3, 0.4) is 0 Å². The van der Waals surface area contributed by atoms with Gasteiger partial charge in [0.25, 0.3) is 5.91 Å². The lowest BCUT2D eigenvalue weighted by atomic mass is 10.1. The Hall–Kier alpha value is -3.67. The zero-order valence-corrected chi connectivity index (χ0v) is 17.4. The average molecular weight is 412 g/mol.